The Morgan fingerprint density at radius 3 is 2.70 bits per heavy atom. The van der Waals surface area contributed by atoms with Crippen LogP contribution in [0.15, 0.2) is 18.2 Å². The molecule has 1 N–H and O–H groups in total. The van der Waals surface area contributed by atoms with Crippen molar-refractivity contribution in [2.75, 3.05) is 13.2 Å². The lowest BCUT2D eigenvalue weighted by molar-refractivity contribution is 0.278. The van der Waals surface area contributed by atoms with Crippen molar-refractivity contribution in [1.29, 1.82) is 0 Å². The highest BCUT2D eigenvalue weighted by Gasteiger charge is 2.11. The quantitative estimate of drug-likeness (QED) is 0.583. The number of rotatable bonds is 8. The molecule has 0 heterocycles. The van der Waals surface area contributed by atoms with E-state index in [0.717, 1.165) is 30.0 Å². The molecule has 3 nitrogen and oxygen atoms in total. The van der Waals surface area contributed by atoms with Gasteiger partial charge in [-0.3, -0.25) is 0 Å². The van der Waals surface area contributed by atoms with E-state index in [0.29, 0.717) is 19.3 Å². The molecule has 1 rings (SSSR count). The summed E-state index contributed by atoms with van der Waals surface area (Å²) in [5.74, 6) is 7.52. The van der Waals surface area contributed by atoms with E-state index in [9.17, 15) is 0 Å². The van der Waals surface area contributed by atoms with Crippen LogP contribution in [0.2, 0.25) is 0 Å². The van der Waals surface area contributed by atoms with Gasteiger partial charge in [0.2, 0.25) is 0 Å². The van der Waals surface area contributed by atoms with Gasteiger partial charge in [-0.25, -0.2) is 0 Å². The van der Waals surface area contributed by atoms with Crippen molar-refractivity contribution >= 4 is 0 Å². The highest BCUT2D eigenvalue weighted by molar-refractivity contribution is 5.46. The second-order valence-corrected chi connectivity index (χ2v) is 4.74. The van der Waals surface area contributed by atoms with Gasteiger partial charge < -0.3 is 14.8 Å². The van der Waals surface area contributed by atoms with Crippen LogP contribution in [-0.2, 0) is 6.54 Å². The van der Waals surface area contributed by atoms with Crippen molar-refractivity contribution in [3.63, 3.8) is 0 Å². The third-order valence-corrected chi connectivity index (χ3v) is 2.71. The first-order chi connectivity index (χ1) is 9.69. The smallest absolute Gasteiger partial charge is 0.165 e. The van der Waals surface area contributed by atoms with Crippen LogP contribution in [0.25, 0.3) is 0 Å². The SMILES string of the molecule is CC#CCCOc1c(CNC(C)C)cccc1OCC. The summed E-state index contributed by atoms with van der Waals surface area (Å²) < 4.78 is 11.5. The molecular weight excluding hydrogens is 250 g/mol. The van der Waals surface area contributed by atoms with Crippen LogP contribution in [0.1, 0.15) is 39.7 Å². The van der Waals surface area contributed by atoms with Gasteiger partial charge in [0.1, 0.15) is 0 Å². The Morgan fingerprint density at radius 2 is 2.05 bits per heavy atom. The monoisotopic (exact) mass is 275 g/mol. The fourth-order valence-electron chi connectivity index (χ4n) is 1.78. The number of hydrogen-bond donors (Lipinski definition) is 1. The molecule has 0 unspecified atom stereocenters. The molecule has 0 aliphatic rings. The second-order valence-electron chi connectivity index (χ2n) is 4.74. The van der Waals surface area contributed by atoms with E-state index in [1.54, 1.807) is 0 Å². The fourth-order valence-corrected chi connectivity index (χ4v) is 1.78. The zero-order chi connectivity index (χ0) is 14.8. The Hall–Kier alpha value is -1.66. The van der Waals surface area contributed by atoms with Gasteiger partial charge in [0, 0.05) is 24.6 Å². The van der Waals surface area contributed by atoms with Crippen LogP contribution in [0.4, 0.5) is 0 Å². The molecule has 0 amide bonds. The first-order valence-electron chi connectivity index (χ1n) is 7.19. The van der Waals surface area contributed by atoms with Gasteiger partial charge in [-0.2, -0.15) is 0 Å². The van der Waals surface area contributed by atoms with Gasteiger partial charge in [-0.05, 0) is 19.9 Å². The average Bonchev–Trinajstić information content (AvgIpc) is 2.43. The normalized spacial score (nSPS) is 10.1. The Bertz CT molecular complexity index is 458. The maximum atomic E-state index is 5.89. The van der Waals surface area contributed by atoms with E-state index >= 15 is 0 Å². The molecule has 0 fully saturated rings. The number of benzene rings is 1. The average molecular weight is 275 g/mol. The number of ether oxygens (including phenoxy) is 2. The molecule has 0 spiro atoms. The molecular formula is C17H25NO2. The predicted octanol–water partition coefficient (Wildman–Crippen LogP) is 3.38. The molecule has 1 aromatic carbocycles. The highest BCUT2D eigenvalue weighted by Crippen LogP contribution is 2.31. The van der Waals surface area contributed by atoms with Crippen molar-refractivity contribution in [3.8, 4) is 23.3 Å². The molecule has 0 atom stereocenters. The summed E-state index contributed by atoms with van der Waals surface area (Å²) in [7, 11) is 0. The van der Waals surface area contributed by atoms with Gasteiger partial charge in [-0.15, -0.1) is 11.8 Å². The zero-order valence-corrected chi connectivity index (χ0v) is 13.0. The summed E-state index contributed by atoms with van der Waals surface area (Å²) in [6.07, 6.45) is 0.730. The minimum atomic E-state index is 0.435. The van der Waals surface area contributed by atoms with Crippen LogP contribution in [0.5, 0.6) is 11.5 Å². The molecule has 0 saturated carbocycles. The van der Waals surface area contributed by atoms with Crippen LogP contribution in [0, 0.1) is 11.8 Å². The molecule has 0 radical (unpaired) electrons. The van der Waals surface area contributed by atoms with Crippen LogP contribution in [-0.4, -0.2) is 19.3 Å². The Kier molecular flexibility index (Phi) is 7.60. The number of para-hydroxylation sites is 1. The minimum absolute atomic E-state index is 0.435. The summed E-state index contributed by atoms with van der Waals surface area (Å²) >= 11 is 0. The molecule has 0 bridgehead atoms. The van der Waals surface area contributed by atoms with Crippen molar-refractivity contribution in [2.45, 2.75) is 46.7 Å². The lowest BCUT2D eigenvalue weighted by atomic mass is 10.1. The van der Waals surface area contributed by atoms with Crippen molar-refractivity contribution in [1.82, 2.24) is 5.32 Å². The summed E-state index contributed by atoms with van der Waals surface area (Å²) in [6, 6.07) is 6.45. The summed E-state index contributed by atoms with van der Waals surface area (Å²) in [4.78, 5) is 0. The molecule has 3 heteroatoms. The topological polar surface area (TPSA) is 30.5 Å². The van der Waals surface area contributed by atoms with E-state index in [1.807, 2.05) is 26.0 Å². The Labute approximate surface area is 122 Å². The van der Waals surface area contributed by atoms with Crippen molar-refractivity contribution < 1.29 is 9.47 Å². The maximum absolute atomic E-state index is 5.89. The Balaban J connectivity index is 2.83. The van der Waals surface area contributed by atoms with Crippen LogP contribution >= 0.6 is 0 Å². The van der Waals surface area contributed by atoms with Gasteiger partial charge in [0.15, 0.2) is 11.5 Å². The predicted molar refractivity (Wildman–Crippen MR) is 83.1 cm³/mol. The van der Waals surface area contributed by atoms with Gasteiger partial charge >= 0.3 is 0 Å². The highest BCUT2D eigenvalue weighted by atomic mass is 16.5. The molecule has 0 aromatic heterocycles. The number of nitrogens with one attached hydrogen (secondary N) is 1. The third kappa shape index (κ3) is 5.54. The maximum Gasteiger partial charge on any atom is 0.165 e. The molecule has 110 valence electrons. The van der Waals surface area contributed by atoms with Crippen molar-refractivity contribution in [2.24, 2.45) is 0 Å². The van der Waals surface area contributed by atoms with Crippen LogP contribution in [0.3, 0.4) is 0 Å². The first kappa shape index (κ1) is 16.4. The number of hydrogen-bond acceptors (Lipinski definition) is 3. The molecule has 0 aliphatic carbocycles. The summed E-state index contributed by atoms with van der Waals surface area (Å²) in [5, 5.41) is 3.41. The summed E-state index contributed by atoms with van der Waals surface area (Å²) in [5.41, 5.74) is 1.12. The molecule has 1 aromatic rings. The summed E-state index contributed by atoms with van der Waals surface area (Å²) in [6.45, 7) is 10.1. The van der Waals surface area contributed by atoms with Gasteiger partial charge in [0.25, 0.3) is 0 Å². The fraction of sp³-hybridized carbons (Fsp3) is 0.529. The van der Waals surface area contributed by atoms with E-state index in [1.165, 1.54) is 0 Å². The van der Waals surface area contributed by atoms with E-state index < -0.39 is 0 Å². The lowest BCUT2D eigenvalue weighted by Crippen LogP contribution is -2.22. The van der Waals surface area contributed by atoms with Gasteiger partial charge in [0.05, 0.1) is 13.2 Å². The zero-order valence-electron chi connectivity index (χ0n) is 13.0. The molecule has 0 saturated heterocycles. The standard InChI is InChI=1S/C17H25NO2/c1-5-7-8-12-20-17-15(13-18-14(3)4)10-9-11-16(17)19-6-2/h9-11,14,18H,6,8,12-13H2,1-4H3. The second kappa shape index (κ2) is 9.28. The van der Waals surface area contributed by atoms with Crippen molar-refractivity contribution in [3.05, 3.63) is 23.8 Å². The lowest BCUT2D eigenvalue weighted by Gasteiger charge is -2.16. The molecule has 20 heavy (non-hydrogen) atoms. The van der Waals surface area contributed by atoms with E-state index in [-0.39, 0.29) is 0 Å². The van der Waals surface area contributed by atoms with Gasteiger partial charge in [-0.1, -0.05) is 26.0 Å². The molecule has 0 aliphatic heterocycles. The Morgan fingerprint density at radius 1 is 1.25 bits per heavy atom. The van der Waals surface area contributed by atoms with E-state index in [4.69, 9.17) is 9.47 Å². The minimum Gasteiger partial charge on any atom is -0.490 e. The van der Waals surface area contributed by atoms with E-state index in [2.05, 4.69) is 37.1 Å². The third-order valence-electron chi connectivity index (χ3n) is 2.71. The largest absolute Gasteiger partial charge is 0.490 e. The van der Waals surface area contributed by atoms with Crippen LogP contribution < -0.4 is 14.8 Å². The first-order valence-corrected chi connectivity index (χ1v) is 7.19.